The lowest BCUT2D eigenvalue weighted by atomic mass is 9.95. The van der Waals surface area contributed by atoms with Crippen LogP contribution in [0.15, 0.2) is 18.2 Å². The minimum atomic E-state index is -0.336. The van der Waals surface area contributed by atoms with Gasteiger partial charge >= 0.3 is 0 Å². The molecule has 1 aromatic rings. The molecule has 0 radical (unpaired) electrons. The van der Waals surface area contributed by atoms with Crippen molar-refractivity contribution in [3.8, 4) is 0 Å². The zero-order valence-electron chi connectivity index (χ0n) is 11.3. The molecule has 4 heteroatoms. The summed E-state index contributed by atoms with van der Waals surface area (Å²) in [7, 11) is 0. The molecular weight excluding hydrogens is 243 g/mol. The monoisotopic (exact) mass is 262 g/mol. The average molecular weight is 262 g/mol. The lowest BCUT2D eigenvalue weighted by Crippen LogP contribution is -2.38. The van der Waals surface area contributed by atoms with E-state index in [2.05, 4.69) is 12.2 Å². The number of nitrogens with zero attached hydrogens (tertiary/aromatic N) is 1. The molecule has 2 fully saturated rings. The fourth-order valence-electron chi connectivity index (χ4n) is 3.46. The molecule has 1 N–H and O–H groups in total. The average Bonchev–Trinajstić information content (AvgIpc) is 2.91. The Bertz CT molecular complexity index is 497. The number of carbonyl (C=O) groups excluding carboxylic acids is 1. The summed E-state index contributed by atoms with van der Waals surface area (Å²) in [5.41, 5.74) is 1.26. The number of hydrogen-bond donors (Lipinski definition) is 1. The van der Waals surface area contributed by atoms with E-state index in [0.29, 0.717) is 17.4 Å². The number of carbonyl (C=O) groups is 1. The number of likely N-dealkylation sites (tertiary alicyclic amines) is 1. The number of nitrogens with one attached hydrogen (secondary N) is 1. The van der Waals surface area contributed by atoms with Crippen LogP contribution in [0.2, 0.25) is 0 Å². The highest BCUT2D eigenvalue weighted by atomic mass is 19.1. The maximum absolute atomic E-state index is 13.4. The third-order valence-electron chi connectivity index (χ3n) is 4.48. The van der Waals surface area contributed by atoms with Crippen LogP contribution in [0, 0.1) is 24.6 Å². The normalized spacial score (nSPS) is 29.6. The van der Waals surface area contributed by atoms with Gasteiger partial charge in [0.15, 0.2) is 0 Å². The van der Waals surface area contributed by atoms with Crippen molar-refractivity contribution in [2.75, 3.05) is 19.6 Å². The molecule has 2 heterocycles. The minimum absolute atomic E-state index is 0.0375. The summed E-state index contributed by atoms with van der Waals surface area (Å²) in [5.74, 6) is 0.716. The molecule has 3 rings (SSSR count). The summed E-state index contributed by atoms with van der Waals surface area (Å²) in [4.78, 5) is 14.4. The Balaban J connectivity index is 1.84. The van der Waals surface area contributed by atoms with Crippen molar-refractivity contribution in [2.24, 2.45) is 11.8 Å². The second-order valence-corrected chi connectivity index (χ2v) is 5.80. The van der Waals surface area contributed by atoms with Crippen LogP contribution in [-0.4, -0.2) is 36.5 Å². The van der Waals surface area contributed by atoms with E-state index in [1.54, 1.807) is 6.07 Å². The number of benzene rings is 1. The third-order valence-corrected chi connectivity index (χ3v) is 4.48. The summed E-state index contributed by atoms with van der Waals surface area (Å²) in [5, 5.41) is 3.37. The number of rotatable bonds is 1. The second kappa shape index (κ2) is 4.60. The fourth-order valence-corrected chi connectivity index (χ4v) is 3.46. The molecule has 3 atom stereocenters. The SMILES string of the molecule is Cc1cc(F)cc(C(=O)N2CC3CNCC3C2C)c1. The molecule has 2 saturated heterocycles. The Kier molecular flexibility index (Phi) is 3.05. The van der Waals surface area contributed by atoms with Crippen LogP contribution in [0.25, 0.3) is 0 Å². The van der Waals surface area contributed by atoms with Crippen molar-refractivity contribution in [1.29, 1.82) is 0 Å². The largest absolute Gasteiger partial charge is 0.335 e. The molecule has 0 spiro atoms. The van der Waals surface area contributed by atoms with E-state index in [4.69, 9.17) is 0 Å². The Morgan fingerprint density at radius 1 is 1.37 bits per heavy atom. The molecule has 19 heavy (non-hydrogen) atoms. The van der Waals surface area contributed by atoms with Gasteiger partial charge in [0.2, 0.25) is 0 Å². The Labute approximate surface area is 112 Å². The molecular formula is C15H19FN2O. The molecule has 102 valence electrons. The molecule has 0 saturated carbocycles. The number of aryl methyl sites for hydroxylation is 1. The summed E-state index contributed by atoms with van der Waals surface area (Å²) in [6, 6.07) is 4.79. The minimum Gasteiger partial charge on any atom is -0.335 e. The van der Waals surface area contributed by atoms with Gasteiger partial charge in [-0.1, -0.05) is 0 Å². The second-order valence-electron chi connectivity index (χ2n) is 5.80. The van der Waals surface area contributed by atoms with E-state index in [1.165, 1.54) is 12.1 Å². The number of hydrogen-bond acceptors (Lipinski definition) is 2. The van der Waals surface area contributed by atoms with E-state index in [-0.39, 0.29) is 17.8 Å². The lowest BCUT2D eigenvalue weighted by molar-refractivity contribution is 0.0728. The molecule has 1 aromatic carbocycles. The van der Waals surface area contributed by atoms with Gasteiger partial charge in [0.1, 0.15) is 5.82 Å². The number of halogens is 1. The Morgan fingerprint density at radius 3 is 2.84 bits per heavy atom. The zero-order valence-corrected chi connectivity index (χ0v) is 11.3. The van der Waals surface area contributed by atoms with Gasteiger partial charge in [0, 0.05) is 31.2 Å². The highest BCUT2D eigenvalue weighted by Gasteiger charge is 2.43. The van der Waals surface area contributed by atoms with Gasteiger partial charge in [0.25, 0.3) is 5.91 Å². The Hall–Kier alpha value is -1.42. The molecule has 0 aromatic heterocycles. The van der Waals surface area contributed by atoms with E-state index in [9.17, 15) is 9.18 Å². The maximum atomic E-state index is 13.4. The predicted octanol–water partition coefficient (Wildman–Crippen LogP) is 1.81. The van der Waals surface area contributed by atoms with Gasteiger partial charge in [-0.2, -0.15) is 0 Å². The summed E-state index contributed by atoms with van der Waals surface area (Å²) in [6.45, 7) is 6.67. The molecule has 3 unspecified atom stereocenters. The van der Waals surface area contributed by atoms with E-state index >= 15 is 0 Å². The van der Waals surface area contributed by atoms with E-state index in [1.807, 2.05) is 11.8 Å². The van der Waals surface area contributed by atoms with Crippen LogP contribution < -0.4 is 5.32 Å². The quantitative estimate of drug-likeness (QED) is 0.837. The van der Waals surface area contributed by atoms with Crippen molar-refractivity contribution in [2.45, 2.75) is 19.9 Å². The van der Waals surface area contributed by atoms with Crippen molar-refractivity contribution in [3.05, 3.63) is 35.1 Å². The maximum Gasteiger partial charge on any atom is 0.254 e. The van der Waals surface area contributed by atoms with Crippen molar-refractivity contribution < 1.29 is 9.18 Å². The van der Waals surface area contributed by atoms with Gasteiger partial charge in [-0.25, -0.2) is 4.39 Å². The summed E-state index contributed by atoms with van der Waals surface area (Å²) in [6.07, 6.45) is 0. The highest BCUT2D eigenvalue weighted by molar-refractivity contribution is 5.94. The van der Waals surface area contributed by atoms with Crippen LogP contribution in [0.4, 0.5) is 4.39 Å². The molecule has 2 aliphatic heterocycles. The van der Waals surface area contributed by atoms with Crippen LogP contribution in [0.1, 0.15) is 22.8 Å². The van der Waals surface area contributed by atoms with Gasteiger partial charge in [-0.3, -0.25) is 4.79 Å². The topological polar surface area (TPSA) is 32.3 Å². The van der Waals surface area contributed by atoms with Crippen LogP contribution in [0.3, 0.4) is 0 Å². The van der Waals surface area contributed by atoms with Gasteiger partial charge < -0.3 is 10.2 Å². The molecule has 2 aliphatic rings. The first-order valence-corrected chi connectivity index (χ1v) is 6.85. The van der Waals surface area contributed by atoms with Crippen molar-refractivity contribution >= 4 is 5.91 Å². The molecule has 3 nitrogen and oxygen atoms in total. The number of amides is 1. The van der Waals surface area contributed by atoms with E-state index < -0.39 is 0 Å². The smallest absolute Gasteiger partial charge is 0.254 e. The standard InChI is InChI=1S/C15H19FN2O/c1-9-3-11(5-13(16)4-9)15(19)18-8-12-6-17-7-14(12)10(18)2/h3-5,10,12,14,17H,6-8H2,1-2H3. The molecule has 1 amide bonds. The van der Waals surface area contributed by atoms with Crippen LogP contribution >= 0.6 is 0 Å². The van der Waals surface area contributed by atoms with Gasteiger partial charge in [0.05, 0.1) is 0 Å². The summed E-state index contributed by atoms with van der Waals surface area (Å²) >= 11 is 0. The van der Waals surface area contributed by atoms with Crippen LogP contribution in [0.5, 0.6) is 0 Å². The van der Waals surface area contributed by atoms with Crippen LogP contribution in [-0.2, 0) is 0 Å². The van der Waals surface area contributed by atoms with Gasteiger partial charge in [-0.15, -0.1) is 0 Å². The van der Waals surface area contributed by atoms with E-state index in [0.717, 1.165) is 25.2 Å². The predicted molar refractivity (Wildman–Crippen MR) is 71.5 cm³/mol. The first-order chi connectivity index (χ1) is 9.06. The highest BCUT2D eigenvalue weighted by Crippen LogP contribution is 2.33. The molecule has 0 bridgehead atoms. The first-order valence-electron chi connectivity index (χ1n) is 6.85. The molecule has 0 aliphatic carbocycles. The Morgan fingerprint density at radius 2 is 2.16 bits per heavy atom. The lowest BCUT2D eigenvalue weighted by Gasteiger charge is -2.24. The van der Waals surface area contributed by atoms with Crippen molar-refractivity contribution in [1.82, 2.24) is 10.2 Å². The number of fused-ring (bicyclic) bond motifs is 1. The van der Waals surface area contributed by atoms with Crippen molar-refractivity contribution in [3.63, 3.8) is 0 Å². The fraction of sp³-hybridized carbons (Fsp3) is 0.533. The van der Waals surface area contributed by atoms with Gasteiger partial charge in [-0.05, 0) is 49.4 Å². The first kappa shape index (κ1) is 12.6. The zero-order chi connectivity index (χ0) is 13.6. The third kappa shape index (κ3) is 2.14. The summed E-state index contributed by atoms with van der Waals surface area (Å²) < 4.78 is 13.4.